The smallest absolute Gasteiger partial charge is 0.315 e. The lowest BCUT2D eigenvalue weighted by Gasteiger charge is -2.12. The fourth-order valence-electron chi connectivity index (χ4n) is 2.09. The van der Waals surface area contributed by atoms with Gasteiger partial charge in [0.25, 0.3) is 0 Å². The highest BCUT2D eigenvalue weighted by atomic mass is 16.5. The van der Waals surface area contributed by atoms with Crippen LogP contribution in [0.1, 0.15) is 24.0 Å². The summed E-state index contributed by atoms with van der Waals surface area (Å²) in [5, 5.41) is 14.6. The molecule has 0 spiro atoms. The van der Waals surface area contributed by atoms with Gasteiger partial charge in [0.15, 0.2) is 0 Å². The molecular formula is C14H20N2O3. The lowest BCUT2D eigenvalue weighted by atomic mass is 10.1. The maximum atomic E-state index is 11.6. The first-order valence-corrected chi connectivity index (χ1v) is 6.60. The molecule has 1 aliphatic heterocycles. The molecule has 1 fully saturated rings. The van der Waals surface area contributed by atoms with Gasteiger partial charge in [0.2, 0.25) is 0 Å². The monoisotopic (exact) mass is 264 g/mol. The van der Waals surface area contributed by atoms with Gasteiger partial charge in [-0.25, -0.2) is 4.79 Å². The fraction of sp³-hybridized carbons (Fsp3) is 0.500. The summed E-state index contributed by atoms with van der Waals surface area (Å²) >= 11 is 0. The van der Waals surface area contributed by atoms with Gasteiger partial charge in [-0.2, -0.15) is 0 Å². The maximum absolute atomic E-state index is 11.6. The summed E-state index contributed by atoms with van der Waals surface area (Å²) < 4.78 is 5.43. The minimum atomic E-state index is -0.190. The molecule has 1 atom stereocenters. The third kappa shape index (κ3) is 4.54. The quantitative estimate of drug-likeness (QED) is 0.747. The van der Waals surface area contributed by atoms with Crippen LogP contribution >= 0.6 is 0 Å². The van der Waals surface area contributed by atoms with Crippen LogP contribution in [0.4, 0.5) is 4.79 Å². The summed E-state index contributed by atoms with van der Waals surface area (Å²) in [6.07, 6.45) is 2.24. The Morgan fingerprint density at radius 3 is 2.95 bits per heavy atom. The van der Waals surface area contributed by atoms with E-state index in [2.05, 4.69) is 10.6 Å². The number of hydrogen-bond acceptors (Lipinski definition) is 3. The highest BCUT2D eigenvalue weighted by molar-refractivity contribution is 5.73. The van der Waals surface area contributed by atoms with Crippen molar-refractivity contribution in [2.45, 2.75) is 32.1 Å². The second-order valence-electron chi connectivity index (χ2n) is 4.68. The summed E-state index contributed by atoms with van der Waals surface area (Å²) in [6.45, 7) is 1.81. The van der Waals surface area contributed by atoms with Gasteiger partial charge in [0, 0.05) is 19.7 Å². The molecule has 0 unspecified atom stereocenters. The molecule has 0 aromatic heterocycles. The van der Waals surface area contributed by atoms with Gasteiger partial charge in [-0.05, 0) is 24.0 Å². The fourth-order valence-corrected chi connectivity index (χ4v) is 2.09. The van der Waals surface area contributed by atoms with E-state index in [1.54, 1.807) is 0 Å². The van der Waals surface area contributed by atoms with E-state index in [0.717, 1.165) is 30.6 Å². The maximum Gasteiger partial charge on any atom is 0.315 e. The molecule has 0 bridgehead atoms. The second-order valence-corrected chi connectivity index (χ2v) is 4.68. The summed E-state index contributed by atoms with van der Waals surface area (Å²) in [5.74, 6) is 0. The van der Waals surface area contributed by atoms with Gasteiger partial charge < -0.3 is 20.5 Å². The molecule has 0 saturated carbocycles. The van der Waals surface area contributed by atoms with Gasteiger partial charge in [-0.15, -0.1) is 0 Å². The number of carbonyl (C=O) groups excluding carboxylic acids is 1. The summed E-state index contributed by atoms with van der Waals surface area (Å²) in [6, 6.07) is 7.32. The Morgan fingerprint density at radius 1 is 1.37 bits per heavy atom. The van der Waals surface area contributed by atoms with E-state index in [-0.39, 0.29) is 18.7 Å². The zero-order valence-electron chi connectivity index (χ0n) is 10.9. The van der Waals surface area contributed by atoms with Crippen molar-refractivity contribution in [3.8, 4) is 0 Å². The first-order valence-electron chi connectivity index (χ1n) is 6.60. The molecular weight excluding hydrogens is 244 g/mol. The molecule has 1 aromatic rings. The molecule has 3 N–H and O–H groups in total. The first kappa shape index (κ1) is 13.8. The second kappa shape index (κ2) is 7.11. The van der Waals surface area contributed by atoms with Crippen molar-refractivity contribution in [1.29, 1.82) is 0 Å². The third-order valence-electron chi connectivity index (χ3n) is 3.14. The first-order chi connectivity index (χ1) is 9.28. The molecule has 1 aromatic carbocycles. The predicted octanol–water partition coefficient (Wildman–Crippen LogP) is 1.16. The lowest BCUT2D eigenvalue weighted by Crippen LogP contribution is -2.39. The Hall–Kier alpha value is -1.59. The van der Waals surface area contributed by atoms with Crippen molar-refractivity contribution in [2.24, 2.45) is 0 Å². The van der Waals surface area contributed by atoms with Crippen LogP contribution in [0, 0.1) is 0 Å². The number of nitrogens with one attached hydrogen (secondary N) is 2. The van der Waals surface area contributed by atoms with Crippen molar-refractivity contribution in [3.05, 3.63) is 35.4 Å². The number of aliphatic hydroxyl groups is 1. The van der Waals surface area contributed by atoms with Gasteiger partial charge in [-0.1, -0.05) is 24.3 Å². The van der Waals surface area contributed by atoms with Crippen LogP contribution in [0.15, 0.2) is 24.3 Å². The molecule has 1 heterocycles. The molecule has 104 valence electrons. The number of carbonyl (C=O) groups is 1. The molecule has 5 nitrogen and oxygen atoms in total. The molecule has 0 aliphatic carbocycles. The van der Waals surface area contributed by atoms with Crippen LogP contribution in [0.3, 0.4) is 0 Å². The van der Waals surface area contributed by atoms with Crippen LogP contribution in [-0.4, -0.2) is 30.4 Å². The van der Waals surface area contributed by atoms with E-state index in [1.165, 1.54) is 0 Å². The minimum Gasteiger partial charge on any atom is -0.392 e. The zero-order chi connectivity index (χ0) is 13.5. The van der Waals surface area contributed by atoms with Crippen molar-refractivity contribution < 1.29 is 14.6 Å². The number of ether oxygens (including phenoxy) is 1. The Labute approximate surface area is 113 Å². The van der Waals surface area contributed by atoms with E-state index in [4.69, 9.17) is 9.84 Å². The van der Waals surface area contributed by atoms with Gasteiger partial charge in [-0.3, -0.25) is 0 Å². The minimum absolute atomic E-state index is 0.0130. The Kier molecular flexibility index (Phi) is 5.18. The average molecular weight is 264 g/mol. The SMILES string of the molecule is O=C(NCc1cccc(CO)c1)NC[C@H]1CCCO1. The lowest BCUT2D eigenvalue weighted by molar-refractivity contribution is 0.111. The number of amides is 2. The number of urea groups is 1. The predicted molar refractivity (Wildman–Crippen MR) is 71.6 cm³/mol. The van der Waals surface area contributed by atoms with Crippen LogP contribution in [0.25, 0.3) is 0 Å². The van der Waals surface area contributed by atoms with Gasteiger partial charge >= 0.3 is 6.03 Å². The largest absolute Gasteiger partial charge is 0.392 e. The Bertz CT molecular complexity index is 417. The Morgan fingerprint density at radius 2 is 2.21 bits per heavy atom. The molecule has 2 amide bonds. The van der Waals surface area contributed by atoms with E-state index in [1.807, 2.05) is 24.3 Å². The van der Waals surface area contributed by atoms with Crippen LogP contribution in [-0.2, 0) is 17.9 Å². The van der Waals surface area contributed by atoms with Crippen LogP contribution < -0.4 is 10.6 Å². The summed E-state index contributed by atoms with van der Waals surface area (Å²) in [7, 11) is 0. The zero-order valence-corrected chi connectivity index (χ0v) is 10.9. The van der Waals surface area contributed by atoms with Gasteiger partial charge in [0.05, 0.1) is 12.7 Å². The van der Waals surface area contributed by atoms with Crippen molar-refractivity contribution in [3.63, 3.8) is 0 Å². The standard InChI is InChI=1S/C14H20N2O3/c17-10-12-4-1-3-11(7-12)8-15-14(18)16-9-13-5-2-6-19-13/h1,3-4,7,13,17H,2,5-6,8-10H2,(H2,15,16,18)/t13-/m1/s1. The van der Waals surface area contributed by atoms with E-state index < -0.39 is 0 Å². The van der Waals surface area contributed by atoms with Crippen molar-refractivity contribution in [2.75, 3.05) is 13.2 Å². The summed E-state index contributed by atoms with van der Waals surface area (Å²) in [5.41, 5.74) is 1.82. The molecule has 1 aliphatic rings. The number of hydrogen-bond donors (Lipinski definition) is 3. The third-order valence-corrected chi connectivity index (χ3v) is 3.14. The highest BCUT2D eigenvalue weighted by Crippen LogP contribution is 2.10. The molecule has 2 rings (SSSR count). The topological polar surface area (TPSA) is 70.6 Å². The van der Waals surface area contributed by atoms with E-state index in [0.29, 0.717) is 13.1 Å². The molecule has 0 radical (unpaired) electrons. The summed E-state index contributed by atoms with van der Waals surface area (Å²) in [4.78, 5) is 11.6. The van der Waals surface area contributed by atoms with Crippen molar-refractivity contribution in [1.82, 2.24) is 10.6 Å². The number of rotatable bonds is 5. The molecule has 5 heteroatoms. The van der Waals surface area contributed by atoms with E-state index >= 15 is 0 Å². The highest BCUT2D eigenvalue weighted by Gasteiger charge is 2.15. The van der Waals surface area contributed by atoms with Gasteiger partial charge in [0.1, 0.15) is 0 Å². The molecule has 1 saturated heterocycles. The number of benzene rings is 1. The normalized spacial score (nSPS) is 18.3. The van der Waals surface area contributed by atoms with Crippen LogP contribution in [0.2, 0.25) is 0 Å². The molecule has 19 heavy (non-hydrogen) atoms. The van der Waals surface area contributed by atoms with Crippen LogP contribution in [0.5, 0.6) is 0 Å². The van der Waals surface area contributed by atoms with E-state index in [9.17, 15) is 4.79 Å². The Balaban J connectivity index is 1.70. The number of aliphatic hydroxyl groups excluding tert-OH is 1. The average Bonchev–Trinajstić information content (AvgIpc) is 2.96. The van der Waals surface area contributed by atoms with Crippen molar-refractivity contribution >= 4 is 6.03 Å².